The second-order valence-corrected chi connectivity index (χ2v) is 4.84. The van der Waals surface area contributed by atoms with Crippen LogP contribution < -0.4 is 0 Å². The lowest BCUT2D eigenvalue weighted by atomic mass is 10.2. The first-order valence-electron chi connectivity index (χ1n) is 6.65. The Kier molecular flexibility index (Phi) is 3.74. The number of fused-ring (bicyclic) bond motifs is 1. The van der Waals surface area contributed by atoms with Crippen LogP contribution >= 0.6 is 0 Å². The highest BCUT2D eigenvalue weighted by Gasteiger charge is 2.23. The standard InChI is InChI=1S/C16H16N2O2/c19-16(12-20-11-13-5-2-1-3-6-13)18-9-14-7-4-8-17-15(14)10-18/h1-8H,9-12H2. The summed E-state index contributed by atoms with van der Waals surface area (Å²) in [5.74, 6) is 0.0129. The molecule has 4 heteroatoms. The summed E-state index contributed by atoms with van der Waals surface area (Å²) in [6.45, 7) is 1.80. The van der Waals surface area contributed by atoms with Crippen LogP contribution in [0.4, 0.5) is 0 Å². The van der Waals surface area contributed by atoms with Crippen LogP contribution in [0.1, 0.15) is 16.8 Å². The van der Waals surface area contributed by atoms with Crippen LogP contribution in [0.2, 0.25) is 0 Å². The molecule has 0 N–H and O–H groups in total. The van der Waals surface area contributed by atoms with Crippen LogP contribution in [0.5, 0.6) is 0 Å². The molecule has 0 aliphatic carbocycles. The largest absolute Gasteiger partial charge is 0.367 e. The molecule has 0 bridgehead atoms. The van der Waals surface area contributed by atoms with Crippen molar-refractivity contribution in [1.29, 1.82) is 0 Å². The molecule has 1 aliphatic rings. The molecule has 1 amide bonds. The fourth-order valence-electron chi connectivity index (χ4n) is 2.30. The Morgan fingerprint density at radius 2 is 2.00 bits per heavy atom. The van der Waals surface area contributed by atoms with Gasteiger partial charge in [-0.05, 0) is 17.2 Å². The minimum Gasteiger partial charge on any atom is -0.367 e. The van der Waals surface area contributed by atoms with Crippen LogP contribution in [0, 0.1) is 0 Å². The summed E-state index contributed by atoms with van der Waals surface area (Å²) in [4.78, 5) is 18.1. The van der Waals surface area contributed by atoms with E-state index in [-0.39, 0.29) is 12.5 Å². The van der Waals surface area contributed by atoms with Gasteiger partial charge in [0.05, 0.1) is 18.8 Å². The van der Waals surface area contributed by atoms with Crippen LogP contribution in [0.3, 0.4) is 0 Å². The van der Waals surface area contributed by atoms with E-state index in [2.05, 4.69) is 4.98 Å². The third-order valence-corrected chi connectivity index (χ3v) is 3.38. The first-order valence-corrected chi connectivity index (χ1v) is 6.65. The Morgan fingerprint density at radius 3 is 2.80 bits per heavy atom. The number of amides is 1. The van der Waals surface area contributed by atoms with Crippen molar-refractivity contribution in [2.45, 2.75) is 19.7 Å². The third kappa shape index (κ3) is 2.86. The van der Waals surface area contributed by atoms with Crippen LogP contribution in [0.25, 0.3) is 0 Å². The number of ether oxygens (including phenoxy) is 1. The molecule has 0 fully saturated rings. The van der Waals surface area contributed by atoms with Gasteiger partial charge in [0.25, 0.3) is 0 Å². The van der Waals surface area contributed by atoms with Gasteiger partial charge in [0.15, 0.2) is 0 Å². The third-order valence-electron chi connectivity index (χ3n) is 3.38. The van der Waals surface area contributed by atoms with Gasteiger partial charge >= 0.3 is 0 Å². The van der Waals surface area contributed by atoms with Gasteiger partial charge in [-0.1, -0.05) is 36.4 Å². The van der Waals surface area contributed by atoms with Crippen LogP contribution in [0.15, 0.2) is 48.7 Å². The van der Waals surface area contributed by atoms with Crippen LogP contribution in [-0.4, -0.2) is 22.4 Å². The number of carbonyl (C=O) groups is 1. The summed E-state index contributed by atoms with van der Waals surface area (Å²) in [6.07, 6.45) is 1.76. The van der Waals surface area contributed by atoms with Gasteiger partial charge in [-0.3, -0.25) is 9.78 Å². The Labute approximate surface area is 118 Å². The average molecular weight is 268 g/mol. The fourth-order valence-corrected chi connectivity index (χ4v) is 2.30. The summed E-state index contributed by atoms with van der Waals surface area (Å²) in [7, 11) is 0. The second kappa shape index (κ2) is 5.84. The van der Waals surface area contributed by atoms with Crippen molar-refractivity contribution in [3.8, 4) is 0 Å². The number of benzene rings is 1. The molecule has 3 rings (SSSR count). The van der Waals surface area contributed by atoms with E-state index in [0.717, 1.165) is 16.8 Å². The normalized spacial score (nSPS) is 13.3. The van der Waals surface area contributed by atoms with Crippen molar-refractivity contribution >= 4 is 5.91 Å². The van der Waals surface area contributed by atoms with E-state index in [9.17, 15) is 4.79 Å². The molecule has 2 heterocycles. The average Bonchev–Trinajstić information content (AvgIpc) is 2.92. The highest BCUT2D eigenvalue weighted by molar-refractivity contribution is 5.78. The van der Waals surface area contributed by atoms with E-state index in [1.54, 1.807) is 11.1 Å². The first kappa shape index (κ1) is 12.8. The van der Waals surface area contributed by atoms with E-state index in [1.807, 2.05) is 42.5 Å². The van der Waals surface area contributed by atoms with Crippen molar-refractivity contribution in [3.05, 3.63) is 65.5 Å². The van der Waals surface area contributed by atoms with Gasteiger partial charge in [-0.2, -0.15) is 0 Å². The predicted molar refractivity (Wildman–Crippen MR) is 74.6 cm³/mol. The lowest BCUT2D eigenvalue weighted by molar-refractivity contribution is -0.137. The Morgan fingerprint density at radius 1 is 1.15 bits per heavy atom. The van der Waals surface area contributed by atoms with Crippen molar-refractivity contribution in [2.75, 3.05) is 6.61 Å². The first-order chi connectivity index (χ1) is 9.83. The molecule has 102 valence electrons. The number of aromatic nitrogens is 1. The van der Waals surface area contributed by atoms with E-state index < -0.39 is 0 Å². The Balaban J connectivity index is 1.49. The molecule has 1 aliphatic heterocycles. The summed E-state index contributed by atoms with van der Waals surface area (Å²) in [6, 6.07) is 13.8. The molecular formula is C16H16N2O2. The molecule has 2 aromatic rings. The molecular weight excluding hydrogens is 252 g/mol. The number of carbonyl (C=O) groups excluding carboxylic acids is 1. The zero-order chi connectivity index (χ0) is 13.8. The predicted octanol–water partition coefficient (Wildman–Crippen LogP) is 2.14. The van der Waals surface area contributed by atoms with E-state index >= 15 is 0 Å². The van der Waals surface area contributed by atoms with E-state index in [4.69, 9.17) is 4.74 Å². The number of hydrogen-bond donors (Lipinski definition) is 0. The maximum Gasteiger partial charge on any atom is 0.249 e. The van der Waals surface area contributed by atoms with E-state index in [0.29, 0.717) is 19.7 Å². The zero-order valence-electron chi connectivity index (χ0n) is 11.2. The molecule has 1 aromatic carbocycles. The maximum absolute atomic E-state index is 12.1. The quantitative estimate of drug-likeness (QED) is 0.853. The smallest absolute Gasteiger partial charge is 0.249 e. The van der Waals surface area contributed by atoms with Gasteiger partial charge in [0.2, 0.25) is 5.91 Å². The van der Waals surface area contributed by atoms with Crippen molar-refractivity contribution in [1.82, 2.24) is 9.88 Å². The minimum absolute atomic E-state index is 0.0129. The highest BCUT2D eigenvalue weighted by Crippen LogP contribution is 2.20. The molecule has 0 saturated heterocycles. The molecule has 0 spiro atoms. The van der Waals surface area contributed by atoms with Crippen LogP contribution in [-0.2, 0) is 29.2 Å². The summed E-state index contributed by atoms with van der Waals surface area (Å²) >= 11 is 0. The maximum atomic E-state index is 12.1. The minimum atomic E-state index is 0.0129. The Hall–Kier alpha value is -2.20. The van der Waals surface area contributed by atoms with Gasteiger partial charge in [-0.25, -0.2) is 0 Å². The topological polar surface area (TPSA) is 42.4 Å². The molecule has 0 saturated carbocycles. The van der Waals surface area contributed by atoms with Gasteiger partial charge < -0.3 is 9.64 Å². The fraction of sp³-hybridized carbons (Fsp3) is 0.250. The molecule has 4 nitrogen and oxygen atoms in total. The van der Waals surface area contributed by atoms with Gasteiger partial charge in [0.1, 0.15) is 6.61 Å². The lowest BCUT2D eigenvalue weighted by Crippen LogP contribution is -2.29. The Bertz CT molecular complexity index is 573. The summed E-state index contributed by atoms with van der Waals surface area (Å²) < 4.78 is 5.48. The molecule has 1 aromatic heterocycles. The number of hydrogen-bond acceptors (Lipinski definition) is 3. The molecule has 0 unspecified atom stereocenters. The van der Waals surface area contributed by atoms with Gasteiger partial charge in [0, 0.05) is 12.7 Å². The summed E-state index contributed by atoms with van der Waals surface area (Å²) in [5.41, 5.74) is 3.19. The number of pyridine rings is 1. The number of nitrogens with zero attached hydrogens (tertiary/aromatic N) is 2. The lowest BCUT2D eigenvalue weighted by Gasteiger charge is -2.15. The monoisotopic (exact) mass is 268 g/mol. The van der Waals surface area contributed by atoms with Crippen molar-refractivity contribution in [3.63, 3.8) is 0 Å². The SMILES string of the molecule is O=C(COCc1ccccc1)N1Cc2cccnc2C1. The molecule has 20 heavy (non-hydrogen) atoms. The van der Waals surface area contributed by atoms with E-state index in [1.165, 1.54) is 0 Å². The highest BCUT2D eigenvalue weighted by atomic mass is 16.5. The second-order valence-electron chi connectivity index (χ2n) is 4.84. The van der Waals surface area contributed by atoms with Crippen molar-refractivity contribution in [2.24, 2.45) is 0 Å². The van der Waals surface area contributed by atoms with Gasteiger partial charge in [-0.15, -0.1) is 0 Å². The van der Waals surface area contributed by atoms with Crippen molar-refractivity contribution < 1.29 is 9.53 Å². The molecule has 0 atom stereocenters. The summed E-state index contributed by atoms with van der Waals surface area (Å²) in [5, 5.41) is 0. The molecule has 0 radical (unpaired) electrons. The zero-order valence-corrected chi connectivity index (χ0v) is 11.2. The number of rotatable bonds is 4.